The SMILES string of the molecule is CO[S@@](=O)c1coc2ccccc2c1=O. The minimum absolute atomic E-state index is 0.0243. The van der Waals surface area contributed by atoms with Crippen LogP contribution < -0.4 is 5.43 Å². The van der Waals surface area contributed by atoms with E-state index in [0.717, 1.165) is 0 Å². The Balaban J connectivity index is 2.76. The lowest BCUT2D eigenvalue weighted by Gasteiger charge is -1.99. The highest BCUT2D eigenvalue weighted by atomic mass is 32.2. The van der Waals surface area contributed by atoms with Gasteiger partial charge in [0.05, 0.1) is 12.5 Å². The Bertz CT molecular complexity index is 573. The molecule has 0 amide bonds. The van der Waals surface area contributed by atoms with Crippen molar-refractivity contribution in [1.29, 1.82) is 0 Å². The molecule has 1 aromatic carbocycles. The van der Waals surface area contributed by atoms with Gasteiger partial charge in [0.1, 0.15) is 16.7 Å². The molecule has 1 aromatic heterocycles. The van der Waals surface area contributed by atoms with Crippen molar-refractivity contribution >= 4 is 22.0 Å². The number of fused-ring (bicyclic) bond motifs is 1. The van der Waals surface area contributed by atoms with E-state index in [2.05, 4.69) is 4.18 Å². The zero-order chi connectivity index (χ0) is 10.8. The predicted molar refractivity (Wildman–Crippen MR) is 55.9 cm³/mol. The van der Waals surface area contributed by atoms with Gasteiger partial charge in [0.2, 0.25) is 5.43 Å². The maximum Gasteiger partial charge on any atom is 0.211 e. The molecule has 5 heteroatoms. The van der Waals surface area contributed by atoms with Crippen LogP contribution >= 0.6 is 0 Å². The molecule has 2 aromatic rings. The van der Waals surface area contributed by atoms with Crippen LogP contribution in [0.15, 0.2) is 44.6 Å². The van der Waals surface area contributed by atoms with Gasteiger partial charge in [-0.2, -0.15) is 0 Å². The Hall–Kier alpha value is -1.46. The van der Waals surface area contributed by atoms with Crippen LogP contribution in [-0.2, 0) is 15.3 Å². The van der Waals surface area contributed by atoms with Gasteiger partial charge in [-0.1, -0.05) is 12.1 Å². The van der Waals surface area contributed by atoms with Gasteiger partial charge in [-0.05, 0) is 12.1 Å². The average Bonchev–Trinajstić information content (AvgIpc) is 2.29. The van der Waals surface area contributed by atoms with E-state index < -0.39 is 11.1 Å². The number of rotatable bonds is 2. The molecule has 2 rings (SSSR count). The summed E-state index contributed by atoms with van der Waals surface area (Å²) in [6.07, 6.45) is 1.17. The van der Waals surface area contributed by atoms with Gasteiger partial charge in [-0.25, -0.2) is 4.21 Å². The van der Waals surface area contributed by atoms with E-state index in [1.54, 1.807) is 24.3 Å². The van der Waals surface area contributed by atoms with Crippen molar-refractivity contribution in [3.8, 4) is 0 Å². The fourth-order valence-corrected chi connectivity index (χ4v) is 1.83. The lowest BCUT2D eigenvalue weighted by molar-refractivity contribution is 0.442. The van der Waals surface area contributed by atoms with Crippen LogP contribution in [0.5, 0.6) is 0 Å². The van der Waals surface area contributed by atoms with Gasteiger partial charge in [0.25, 0.3) is 0 Å². The standard InChI is InChI=1S/C10H8O4S/c1-13-15(12)9-6-14-8-5-3-2-4-7(8)10(9)11/h2-6H,1H3/t15-/m1/s1. The van der Waals surface area contributed by atoms with Crippen LogP contribution in [0.2, 0.25) is 0 Å². The van der Waals surface area contributed by atoms with E-state index in [-0.39, 0.29) is 10.3 Å². The van der Waals surface area contributed by atoms with Crippen molar-refractivity contribution in [1.82, 2.24) is 0 Å². The van der Waals surface area contributed by atoms with Crippen LogP contribution in [0.1, 0.15) is 0 Å². The molecule has 4 nitrogen and oxygen atoms in total. The largest absolute Gasteiger partial charge is 0.463 e. The molecule has 0 saturated carbocycles. The number of hydrogen-bond donors (Lipinski definition) is 0. The molecule has 1 heterocycles. The quantitative estimate of drug-likeness (QED) is 0.775. The first-order chi connectivity index (χ1) is 7.24. The van der Waals surface area contributed by atoms with Gasteiger partial charge in [-0.3, -0.25) is 8.98 Å². The molecule has 0 fully saturated rings. The van der Waals surface area contributed by atoms with E-state index in [9.17, 15) is 9.00 Å². The first-order valence-electron chi connectivity index (χ1n) is 4.21. The Morgan fingerprint density at radius 1 is 1.33 bits per heavy atom. The Labute approximate surface area is 88.1 Å². The second-order valence-electron chi connectivity index (χ2n) is 2.83. The number of hydrogen-bond acceptors (Lipinski definition) is 4. The Kier molecular flexibility index (Phi) is 2.66. The predicted octanol–water partition coefficient (Wildman–Crippen LogP) is 1.46. The zero-order valence-corrected chi connectivity index (χ0v) is 8.74. The van der Waals surface area contributed by atoms with Gasteiger partial charge in [0.15, 0.2) is 11.1 Å². The smallest absolute Gasteiger partial charge is 0.211 e. The summed E-state index contributed by atoms with van der Waals surface area (Å²) >= 11 is -1.76. The summed E-state index contributed by atoms with van der Waals surface area (Å²) in [4.78, 5) is 11.8. The van der Waals surface area contributed by atoms with E-state index in [1.807, 2.05) is 0 Å². The van der Waals surface area contributed by atoms with Crippen LogP contribution in [0.25, 0.3) is 11.0 Å². The summed E-state index contributed by atoms with van der Waals surface area (Å²) in [5.41, 5.74) is 0.149. The van der Waals surface area contributed by atoms with Crippen molar-refractivity contribution < 1.29 is 12.8 Å². The van der Waals surface area contributed by atoms with E-state index >= 15 is 0 Å². The molecule has 0 unspecified atom stereocenters. The van der Waals surface area contributed by atoms with Crippen LogP contribution in [0.4, 0.5) is 0 Å². The zero-order valence-electron chi connectivity index (χ0n) is 7.93. The second-order valence-corrected chi connectivity index (χ2v) is 4.07. The molecular formula is C10H8O4S. The van der Waals surface area contributed by atoms with E-state index in [0.29, 0.717) is 11.0 Å². The first kappa shape index (κ1) is 10.1. The average molecular weight is 224 g/mol. The summed E-state index contributed by atoms with van der Waals surface area (Å²) in [7, 11) is 1.27. The van der Waals surface area contributed by atoms with Crippen LogP contribution in [-0.4, -0.2) is 11.3 Å². The van der Waals surface area contributed by atoms with Gasteiger partial charge in [-0.15, -0.1) is 0 Å². The first-order valence-corrected chi connectivity index (χ1v) is 5.28. The fourth-order valence-electron chi connectivity index (χ4n) is 1.26. The van der Waals surface area contributed by atoms with Crippen molar-refractivity contribution in [2.24, 2.45) is 0 Å². The lowest BCUT2D eigenvalue weighted by atomic mass is 10.2. The molecule has 0 aliphatic heterocycles. The Morgan fingerprint density at radius 3 is 2.80 bits per heavy atom. The summed E-state index contributed by atoms with van der Waals surface area (Å²) in [6, 6.07) is 6.78. The minimum Gasteiger partial charge on any atom is -0.463 e. The second kappa shape index (κ2) is 3.96. The molecule has 1 atom stereocenters. The van der Waals surface area contributed by atoms with Crippen LogP contribution in [0.3, 0.4) is 0 Å². The van der Waals surface area contributed by atoms with Gasteiger partial charge in [0, 0.05) is 0 Å². The van der Waals surface area contributed by atoms with Gasteiger partial charge >= 0.3 is 0 Å². The minimum atomic E-state index is -1.76. The summed E-state index contributed by atoms with van der Waals surface area (Å²) < 4.78 is 21.1. The maximum atomic E-state index is 11.8. The van der Waals surface area contributed by atoms with Crippen LogP contribution in [0, 0.1) is 0 Å². The lowest BCUT2D eigenvalue weighted by Crippen LogP contribution is -2.10. The molecule has 0 bridgehead atoms. The molecule has 0 N–H and O–H groups in total. The molecule has 0 saturated heterocycles. The third kappa shape index (κ3) is 1.71. The highest BCUT2D eigenvalue weighted by Crippen LogP contribution is 2.12. The van der Waals surface area contributed by atoms with Crippen molar-refractivity contribution in [3.63, 3.8) is 0 Å². The van der Waals surface area contributed by atoms with Gasteiger partial charge < -0.3 is 4.42 Å². The molecule has 0 aliphatic rings. The maximum absolute atomic E-state index is 11.8. The number of benzene rings is 1. The molecule has 0 radical (unpaired) electrons. The number of para-hydroxylation sites is 1. The summed E-state index contributed by atoms with van der Waals surface area (Å²) in [5.74, 6) is 0. The van der Waals surface area contributed by atoms with E-state index in [1.165, 1.54) is 13.4 Å². The molecule has 78 valence electrons. The fraction of sp³-hybridized carbons (Fsp3) is 0.100. The summed E-state index contributed by atoms with van der Waals surface area (Å²) in [6.45, 7) is 0. The van der Waals surface area contributed by atoms with Crippen molar-refractivity contribution in [3.05, 3.63) is 40.8 Å². The highest BCUT2D eigenvalue weighted by Gasteiger charge is 2.11. The summed E-state index contributed by atoms with van der Waals surface area (Å²) in [5, 5.41) is 0.403. The van der Waals surface area contributed by atoms with Crippen molar-refractivity contribution in [2.45, 2.75) is 4.90 Å². The molecule has 15 heavy (non-hydrogen) atoms. The van der Waals surface area contributed by atoms with E-state index in [4.69, 9.17) is 4.42 Å². The topological polar surface area (TPSA) is 56.5 Å². The third-order valence-corrected chi connectivity index (χ3v) is 2.92. The molecule has 0 aliphatic carbocycles. The molecular weight excluding hydrogens is 216 g/mol. The molecule has 0 spiro atoms. The third-order valence-electron chi connectivity index (χ3n) is 1.98. The monoisotopic (exact) mass is 224 g/mol. The Morgan fingerprint density at radius 2 is 2.07 bits per heavy atom. The van der Waals surface area contributed by atoms with Crippen molar-refractivity contribution in [2.75, 3.05) is 7.11 Å². The normalized spacial score (nSPS) is 12.9. The highest BCUT2D eigenvalue weighted by molar-refractivity contribution is 7.80.